The minimum Gasteiger partial charge on any atom is -0.379 e. The maximum absolute atomic E-state index is 13.8. The van der Waals surface area contributed by atoms with Crippen LogP contribution >= 0.6 is 0 Å². The Labute approximate surface area is 116 Å². The summed E-state index contributed by atoms with van der Waals surface area (Å²) in [6.45, 7) is 0. The molecule has 0 saturated heterocycles. The smallest absolute Gasteiger partial charge is 0.248 e. The molecule has 3 N–H and O–H groups in total. The lowest BCUT2D eigenvalue weighted by Gasteiger charge is -2.15. The third-order valence-corrected chi connectivity index (χ3v) is 3.66. The summed E-state index contributed by atoms with van der Waals surface area (Å²) in [6, 6.07) is 12.5. The van der Waals surface area contributed by atoms with Crippen molar-refractivity contribution in [2.45, 2.75) is 18.9 Å². The van der Waals surface area contributed by atoms with Gasteiger partial charge in [-0.05, 0) is 42.2 Å². The quantitative estimate of drug-likeness (QED) is 0.900. The number of benzene rings is 2. The van der Waals surface area contributed by atoms with Gasteiger partial charge in [0.1, 0.15) is 5.82 Å². The summed E-state index contributed by atoms with van der Waals surface area (Å²) in [5, 5.41) is 3.17. The first-order valence-electron chi connectivity index (χ1n) is 6.56. The first-order valence-corrected chi connectivity index (χ1v) is 6.56. The molecule has 1 aliphatic rings. The van der Waals surface area contributed by atoms with Gasteiger partial charge in [-0.3, -0.25) is 4.79 Å². The SMILES string of the molecule is NC(=O)c1ccc(F)c(NC2Cc3ccccc3C2)c1. The monoisotopic (exact) mass is 270 g/mol. The van der Waals surface area contributed by atoms with Gasteiger partial charge in [0.2, 0.25) is 5.91 Å². The fourth-order valence-electron chi connectivity index (χ4n) is 2.67. The zero-order chi connectivity index (χ0) is 14.1. The van der Waals surface area contributed by atoms with Crippen molar-refractivity contribution in [3.05, 3.63) is 65.0 Å². The van der Waals surface area contributed by atoms with Crippen LogP contribution < -0.4 is 11.1 Å². The van der Waals surface area contributed by atoms with Crippen LogP contribution in [0.5, 0.6) is 0 Å². The second kappa shape index (κ2) is 4.96. The average Bonchev–Trinajstić information content (AvgIpc) is 2.83. The van der Waals surface area contributed by atoms with Crippen molar-refractivity contribution in [3.63, 3.8) is 0 Å². The summed E-state index contributed by atoms with van der Waals surface area (Å²) >= 11 is 0. The minimum absolute atomic E-state index is 0.144. The Kier molecular flexibility index (Phi) is 3.14. The number of rotatable bonds is 3. The van der Waals surface area contributed by atoms with E-state index in [2.05, 4.69) is 17.4 Å². The van der Waals surface area contributed by atoms with E-state index in [1.165, 1.54) is 29.3 Å². The van der Waals surface area contributed by atoms with Crippen molar-refractivity contribution in [3.8, 4) is 0 Å². The molecule has 0 saturated carbocycles. The highest BCUT2D eigenvalue weighted by atomic mass is 19.1. The van der Waals surface area contributed by atoms with Crippen LogP contribution in [0.15, 0.2) is 42.5 Å². The summed E-state index contributed by atoms with van der Waals surface area (Å²) in [4.78, 5) is 11.2. The van der Waals surface area contributed by atoms with E-state index in [0.29, 0.717) is 11.3 Å². The van der Waals surface area contributed by atoms with Crippen LogP contribution in [0.2, 0.25) is 0 Å². The van der Waals surface area contributed by atoms with Gasteiger partial charge in [0, 0.05) is 11.6 Å². The van der Waals surface area contributed by atoms with Crippen LogP contribution in [0.1, 0.15) is 21.5 Å². The summed E-state index contributed by atoms with van der Waals surface area (Å²) in [7, 11) is 0. The highest BCUT2D eigenvalue weighted by Crippen LogP contribution is 2.26. The van der Waals surface area contributed by atoms with Crippen molar-refractivity contribution in [2.24, 2.45) is 5.73 Å². The Bertz CT molecular complexity index is 644. The number of hydrogen-bond donors (Lipinski definition) is 2. The topological polar surface area (TPSA) is 55.1 Å². The second-order valence-corrected chi connectivity index (χ2v) is 5.08. The predicted octanol–water partition coefficient (Wildman–Crippen LogP) is 2.50. The third kappa shape index (κ3) is 2.37. The zero-order valence-corrected chi connectivity index (χ0v) is 10.9. The highest BCUT2D eigenvalue weighted by molar-refractivity contribution is 5.93. The first-order chi connectivity index (χ1) is 9.63. The fraction of sp³-hybridized carbons (Fsp3) is 0.188. The Morgan fingerprint density at radius 3 is 2.40 bits per heavy atom. The number of amides is 1. The van der Waals surface area contributed by atoms with E-state index in [1.54, 1.807) is 0 Å². The van der Waals surface area contributed by atoms with Gasteiger partial charge in [-0.2, -0.15) is 0 Å². The number of halogens is 1. The molecule has 0 atom stereocenters. The Balaban J connectivity index is 1.80. The molecule has 2 aromatic rings. The molecule has 0 spiro atoms. The molecule has 0 aromatic heterocycles. The van der Waals surface area contributed by atoms with Crippen molar-refractivity contribution in [1.29, 1.82) is 0 Å². The van der Waals surface area contributed by atoms with Crippen LogP contribution in [0.4, 0.5) is 10.1 Å². The Hall–Kier alpha value is -2.36. The van der Waals surface area contributed by atoms with E-state index in [9.17, 15) is 9.18 Å². The number of fused-ring (bicyclic) bond motifs is 1. The van der Waals surface area contributed by atoms with E-state index in [0.717, 1.165) is 12.8 Å². The lowest BCUT2D eigenvalue weighted by atomic mass is 10.1. The van der Waals surface area contributed by atoms with Crippen molar-refractivity contribution < 1.29 is 9.18 Å². The van der Waals surface area contributed by atoms with E-state index in [1.807, 2.05) is 12.1 Å². The number of carbonyl (C=O) groups excluding carboxylic acids is 1. The number of anilines is 1. The van der Waals surface area contributed by atoms with Crippen LogP contribution in [0.3, 0.4) is 0 Å². The normalized spacial score (nSPS) is 14.1. The standard InChI is InChI=1S/C16H15FN2O/c17-14-6-5-12(16(18)20)9-15(14)19-13-7-10-3-1-2-4-11(10)8-13/h1-6,9,13,19H,7-8H2,(H2,18,20). The summed E-state index contributed by atoms with van der Waals surface area (Å²) < 4.78 is 13.8. The minimum atomic E-state index is -0.553. The Morgan fingerprint density at radius 1 is 1.15 bits per heavy atom. The van der Waals surface area contributed by atoms with Gasteiger partial charge >= 0.3 is 0 Å². The van der Waals surface area contributed by atoms with Crippen molar-refractivity contribution in [1.82, 2.24) is 0 Å². The molecular formula is C16H15FN2O. The van der Waals surface area contributed by atoms with E-state index in [4.69, 9.17) is 5.73 Å². The molecule has 4 heteroatoms. The van der Waals surface area contributed by atoms with Gasteiger partial charge < -0.3 is 11.1 Å². The molecule has 0 radical (unpaired) electrons. The molecule has 0 fully saturated rings. The van der Waals surface area contributed by atoms with Gasteiger partial charge in [-0.25, -0.2) is 4.39 Å². The van der Waals surface area contributed by atoms with Crippen LogP contribution in [0, 0.1) is 5.82 Å². The summed E-state index contributed by atoms with van der Waals surface area (Å²) in [5.74, 6) is -0.922. The Morgan fingerprint density at radius 2 is 1.80 bits per heavy atom. The van der Waals surface area contributed by atoms with Crippen LogP contribution in [0.25, 0.3) is 0 Å². The van der Waals surface area contributed by atoms with Crippen LogP contribution in [-0.2, 0) is 12.8 Å². The number of primary amides is 1. The predicted molar refractivity (Wildman–Crippen MR) is 76.2 cm³/mol. The van der Waals surface area contributed by atoms with Crippen molar-refractivity contribution in [2.75, 3.05) is 5.32 Å². The second-order valence-electron chi connectivity index (χ2n) is 5.08. The molecule has 0 bridgehead atoms. The van der Waals surface area contributed by atoms with Gasteiger partial charge in [0.05, 0.1) is 5.69 Å². The van der Waals surface area contributed by atoms with E-state index >= 15 is 0 Å². The lowest BCUT2D eigenvalue weighted by molar-refractivity contribution is 0.100. The van der Waals surface area contributed by atoms with Gasteiger partial charge in [0.15, 0.2) is 0 Å². The maximum Gasteiger partial charge on any atom is 0.248 e. The molecule has 102 valence electrons. The fourth-order valence-corrected chi connectivity index (χ4v) is 2.67. The highest BCUT2D eigenvalue weighted by Gasteiger charge is 2.21. The first kappa shape index (κ1) is 12.7. The van der Waals surface area contributed by atoms with Gasteiger partial charge in [-0.1, -0.05) is 24.3 Å². The molecule has 0 heterocycles. The van der Waals surface area contributed by atoms with E-state index < -0.39 is 5.91 Å². The number of nitrogens with one attached hydrogen (secondary N) is 1. The average molecular weight is 270 g/mol. The molecule has 0 unspecified atom stereocenters. The number of carbonyl (C=O) groups is 1. The molecule has 1 aliphatic carbocycles. The van der Waals surface area contributed by atoms with Crippen molar-refractivity contribution >= 4 is 11.6 Å². The molecule has 1 amide bonds. The van der Waals surface area contributed by atoms with Crippen LogP contribution in [-0.4, -0.2) is 11.9 Å². The zero-order valence-electron chi connectivity index (χ0n) is 10.9. The number of nitrogens with two attached hydrogens (primary N) is 1. The molecule has 0 aliphatic heterocycles. The molecule has 2 aromatic carbocycles. The number of hydrogen-bond acceptors (Lipinski definition) is 2. The summed E-state index contributed by atoms with van der Waals surface area (Å²) in [5.41, 5.74) is 8.44. The molecule has 3 nitrogen and oxygen atoms in total. The van der Waals surface area contributed by atoms with E-state index in [-0.39, 0.29) is 11.9 Å². The van der Waals surface area contributed by atoms with Gasteiger partial charge in [0.25, 0.3) is 0 Å². The molecule has 3 rings (SSSR count). The lowest BCUT2D eigenvalue weighted by Crippen LogP contribution is -2.21. The summed E-state index contributed by atoms with van der Waals surface area (Å²) in [6.07, 6.45) is 1.72. The molecule has 20 heavy (non-hydrogen) atoms. The molecular weight excluding hydrogens is 255 g/mol. The maximum atomic E-state index is 13.8. The largest absolute Gasteiger partial charge is 0.379 e. The van der Waals surface area contributed by atoms with Gasteiger partial charge in [-0.15, -0.1) is 0 Å². The third-order valence-electron chi connectivity index (χ3n) is 3.66.